The molecule has 0 aromatic carbocycles. The number of rotatable bonds is 1. The first-order valence-corrected chi connectivity index (χ1v) is 3.81. The maximum absolute atomic E-state index is 10.6. The average Bonchev–Trinajstić information content (AvgIpc) is 2.15. The molecule has 0 aromatic heterocycles. The highest BCUT2D eigenvalue weighted by Crippen LogP contribution is 2.19. The molecular formula is C7H13NO3. The molecule has 1 fully saturated rings. The lowest BCUT2D eigenvalue weighted by molar-refractivity contribution is -0.165. The Labute approximate surface area is 65.3 Å². The number of carboxylic acids is 1. The number of aliphatic carboxylic acids is 1. The third kappa shape index (κ3) is 1.91. The topological polar surface area (TPSA) is 72.6 Å². The summed E-state index contributed by atoms with van der Waals surface area (Å²) < 4.78 is 5.03. The van der Waals surface area contributed by atoms with Crippen LogP contribution in [-0.2, 0) is 9.53 Å². The quantitative estimate of drug-likeness (QED) is 0.577. The van der Waals surface area contributed by atoms with Crippen LogP contribution in [0.1, 0.15) is 25.7 Å². The molecule has 4 heteroatoms. The third-order valence-corrected chi connectivity index (χ3v) is 1.91. The smallest absolute Gasteiger partial charge is 0.351 e. The van der Waals surface area contributed by atoms with Crippen LogP contribution in [0, 0.1) is 0 Å². The highest BCUT2D eigenvalue weighted by molar-refractivity contribution is 5.76. The molecule has 1 aliphatic rings. The fourth-order valence-corrected chi connectivity index (χ4v) is 1.16. The van der Waals surface area contributed by atoms with Gasteiger partial charge >= 0.3 is 5.97 Å². The molecule has 0 saturated carbocycles. The third-order valence-electron chi connectivity index (χ3n) is 1.91. The Bertz CT molecular complexity index is 150. The molecule has 0 spiro atoms. The van der Waals surface area contributed by atoms with Crippen molar-refractivity contribution in [2.24, 2.45) is 5.73 Å². The number of carboxylic acid groups (broad SMARTS) is 1. The minimum absolute atomic E-state index is 0.419. The van der Waals surface area contributed by atoms with Crippen molar-refractivity contribution in [1.29, 1.82) is 0 Å². The maximum Gasteiger partial charge on any atom is 0.351 e. The minimum atomic E-state index is -1.42. The SMILES string of the molecule is NC1(C(=O)O)CCCCCO1. The van der Waals surface area contributed by atoms with Crippen LogP contribution in [0.3, 0.4) is 0 Å². The number of hydrogen-bond donors (Lipinski definition) is 2. The summed E-state index contributed by atoms with van der Waals surface area (Å²) in [5, 5.41) is 8.67. The molecule has 64 valence electrons. The lowest BCUT2D eigenvalue weighted by Crippen LogP contribution is -2.49. The van der Waals surface area contributed by atoms with Gasteiger partial charge in [-0.05, 0) is 12.8 Å². The Morgan fingerprint density at radius 1 is 1.45 bits per heavy atom. The van der Waals surface area contributed by atoms with Crippen molar-refractivity contribution >= 4 is 5.97 Å². The molecule has 11 heavy (non-hydrogen) atoms. The first-order valence-electron chi connectivity index (χ1n) is 3.81. The van der Waals surface area contributed by atoms with Crippen molar-refractivity contribution < 1.29 is 14.6 Å². The zero-order valence-corrected chi connectivity index (χ0v) is 6.38. The Morgan fingerprint density at radius 3 is 2.82 bits per heavy atom. The van der Waals surface area contributed by atoms with Gasteiger partial charge in [0, 0.05) is 13.0 Å². The monoisotopic (exact) mass is 159 g/mol. The van der Waals surface area contributed by atoms with Crippen LogP contribution in [0.15, 0.2) is 0 Å². The summed E-state index contributed by atoms with van der Waals surface area (Å²) in [5.41, 5.74) is 4.06. The van der Waals surface area contributed by atoms with Crippen LogP contribution >= 0.6 is 0 Å². The molecule has 1 rings (SSSR count). The van der Waals surface area contributed by atoms with E-state index in [1.54, 1.807) is 0 Å². The van der Waals surface area contributed by atoms with Gasteiger partial charge in [0.05, 0.1) is 0 Å². The van der Waals surface area contributed by atoms with Gasteiger partial charge in [-0.3, -0.25) is 5.73 Å². The fraction of sp³-hybridized carbons (Fsp3) is 0.857. The Balaban J connectivity index is 2.59. The van der Waals surface area contributed by atoms with Crippen molar-refractivity contribution in [3.63, 3.8) is 0 Å². The molecule has 1 heterocycles. The molecule has 0 radical (unpaired) electrons. The van der Waals surface area contributed by atoms with Gasteiger partial charge < -0.3 is 9.84 Å². The lowest BCUT2D eigenvalue weighted by atomic mass is 10.1. The first-order chi connectivity index (χ1) is 5.15. The van der Waals surface area contributed by atoms with Gasteiger partial charge in [0.2, 0.25) is 5.72 Å². The zero-order valence-electron chi connectivity index (χ0n) is 6.38. The van der Waals surface area contributed by atoms with Crippen molar-refractivity contribution in [1.82, 2.24) is 0 Å². The van der Waals surface area contributed by atoms with Crippen LogP contribution in [0.25, 0.3) is 0 Å². The van der Waals surface area contributed by atoms with E-state index in [4.69, 9.17) is 15.6 Å². The van der Waals surface area contributed by atoms with Gasteiger partial charge in [0.15, 0.2) is 0 Å². The van der Waals surface area contributed by atoms with Crippen LogP contribution in [0.2, 0.25) is 0 Å². The summed E-state index contributed by atoms with van der Waals surface area (Å²) in [6.45, 7) is 0.461. The molecule has 0 amide bonds. The second kappa shape index (κ2) is 3.19. The molecule has 1 saturated heterocycles. The summed E-state index contributed by atoms with van der Waals surface area (Å²) in [4.78, 5) is 10.6. The number of ether oxygens (including phenoxy) is 1. The second-order valence-corrected chi connectivity index (χ2v) is 2.85. The molecule has 0 aromatic rings. The van der Waals surface area contributed by atoms with E-state index in [9.17, 15) is 4.79 Å². The largest absolute Gasteiger partial charge is 0.478 e. The molecule has 4 nitrogen and oxygen atoms in total. The van der Waals surface area contributed by atoms with Crippen molar-refractivity contribution in [2.45, 2.75) is 31.4 Å². The first kappa shape index (κ1) is 8.49. The summed E-state index contributed by atoms with van der Waals surface area (Å²) in [6.07, 6.45) is 3.17. The Kier molecular flexibility index (Phi) is 2.46. The summed E-state index contributed by atoms with van der Waals surface area (Å²) in [5.74, 6) is -1.06. The number of hydrogen-bond acceptors (Lipinski definition) is 3. The average molecular weight is 159 g/mol. The number of carbonyl (C=O) groups is 1. The van der Waals surface area contributed by atoms with Crippen LogP contribution in [0.5, 0.6) is 0 Å². The van der Waals surface area contributed by atoms with E-state index in [0.717, 1.165) is 19.3 Å². The van der Waals surface area contributed by atoms with E-state index in [-0.39, 0.29) is 0 Å². The number of nitrogens with two attached hydrogens (primary N) is 1. The van der Waals surface area contributed by atoms with Crippen LogP contribution < -0.4 is 5.73 Å². The molecule has 0 aliphatic carbocycles. The minimum Gasteiger partial charge on any atom is -0.478 e. The normalized spacial score (nSPS) is 32.8. The highest BCUT2D eigenvalue weighted by Gasteiger charge is 2.35. The van der Waals surface area contributed by atoms with E-state index < -0.39 is 11.7 Å². The van der Waals surface area contributed by atoms with E-state index >= 15 is 0 Å². The zero-order chi connectivity index (χ0) is 8.32. The van der Waals surface area contributed by atoms with Crippen molar-refractivity contribution in [3.05, 3.63) is 0 Å². The highest BCUT2D eigenvalue weighted by atomic mass is 16.5. The van der Waals surface area contributed by atoms with E-state index in [1.807, 2.05) is 0 Å². The van der Waals surface area contributed by atoms with E-state index in [0.29, 0.717) is 13.0 Å². The van der Waals surface area contributed by atoms with Gasteiger partial charge in [0.1, 0.15) is 0 Å². The van der Waals surface area contributed by atoms with Gasteiger partial charge in [-0.25, -0.2) is 4.79 Å². The predicted molar refractivity (Wildman–Crippen MR) is 39.0 cm³/mol. The Morgan fingerprint density at radius 2 is 2.18 bits per heavy atom. The maximum atomic E-state index is 10.6. The van der Waals surface area contributed by atoms with Gasteiger partial charge in [0.25, 0.3) is 0 Å². The summed E-state index contributed by atoms with van der Waals surface area (Å²) in [7, 11) is 0. The van der Waals surface area contributed by atoms with Gasteiger partial charge in [-0.15, -0.1) is 0 Å². The lowest BCUT2D eigenvalue weighted by Gasteiger charge is -2.22. The van der Waals surface area contributed by atoms with Gasteiger partial charge in [-0.2, -0.15) is 0 Å². The molecule has 1 atom stereocenters. The summed E-state index contributed by atoms with van der Waals surface area (Å²) in [6, 6.07) is 0. The van der Waals surface area contributed by atoms with E-state index in [1.165, 1.54) is 0 Å². The van der Waals surface area contributed by atoms with Crippen molar-refractivity contribution in [3.8, 4) is 0 Å². The van der Waals surface area contributed by atoms with Gasteiger partial charge in [-0.1, -0.05) is 6.42 Å². The van der Waals surface area contributed by atoms with E-state index in [2.05, 4.69) is 0 Å². The molecule has 1 aliphatic heterocycles. The second-order valence-electron chi connectivity index (χ2n) is 2.85. The summed E-state index contributed by atoms with van der Waals surface area (Å²) >= 11 is 0. The Hall–Kier alpha value is -0.610. The van der Waals surface area contributed by atoms with Crippen LogP contribution in [-0.4, -0.2) is 23.4 Å². The predicted octanol–water partition coefficient (Wildman–Crippen LogP) is 0.317. The standard InChI is InChI=1S/C7H13NO3/c8-7(6(9)10)4-2-1-3-5-11-7/h1-5,8H2,(H,9,10). The molecular weight excluding hydrogens is 146 g/mol. The molecule has 1 unspecified atom stereocenters. The van der Waals surface area contributed by atoms with Crippen LogP contribution in [0.4, 0.5) is 0 Å². The molecule has 0 bridgehead atoms. The van der Waals surface area contributed by atoms with Crippen molar-refractivity contribution in [2.75, 3.05) is 6.61 Å². The fourth-order valence-electron chi connectivity index (χ4n) is 1.16. The molecule has 3 N–H and O–H groups in total.